The van der Waals surface area contributed by atoms with E-state index in [1.54, 1.807) is 0 Å². The van der Waals surface area contributed by atoms with Crippen molar-refractivity contribution in [3.63, 3.8) is 0 Å². The van der Waals surface area contributed by atoms with Crippen molar-refractivity contribution >= 4 is 34.5 Å². The molecule has 20 heavy (non-hydrogen) atoms. The molecule has 0 aliphatic heterocycles. The summed E-state index contributed by atoms with van der Waals surface area (Å²) in [5, 5.41) is 2.92. The van der Waals surface area contributed by atoms with E-state index in [4.69, 9.17) is 0 Å². The lowest BCUT2D eigenvalue weighted by molar-refractivity contribution is -0.139. The molecule has 5 heteroatoms. The summed E-state index contributed by atoms with van der Waals surface area (Å²) in [5.41, 5.74) is 0. The minimum Gasteiger partial charge on any atom is -0.468 e. The Kier molecular flexibility index (Phi) is 6.11. The second-order valence-corrected chi connectivity index (χ2v) is 7.55. The standard InChI is InChI=1S/C15H24INO3/c1-20-15(19)13(16)9-17-14(18)12-7-6-10-4-2-3-5-11(10)8-12/h10-13H,2-9H2,1H3,(H,17,18). The minimum absolute atomic E-state index is 0.125. The number of alkyl halides is 1. The molecule has 2 saturated carbocycles. The number of esters is 1. The summed E-state index contributed by atoms with van der Waals surface area (Å²) in [5.74, 6) is 1.61. The molecule has 0 aromatic rings. The predicted octanol–water partition coefficient (Wildman–Crippen LogP) is 2.69. The van der Waals surface area contributed by atoms with Gasteiger partial charge >= 0.3 is 5.97 Å². The summed E-state index contributed by atoms with van der Waals surface area (Å²) in [6.07, 6.45) is 8.61. The van der Waals surface area contributed by atoms with E-state index in [1.165, 1.54) is 39.2 Å². The van der Waals surface area contributed by atoms with Gasteiger partial charge in [-0.25, -0.2) is 0 Å². The molecule has 0 spiro atoms. The molecule has 0 aromatic heterocycles. The fraction of sp³-hybridized carbons (Fsp3) is 0.867. The zero-order valence-electron chi connectivity index (χ0n) is 12.1. The molecule has 4 atom stereocenters. The first-order valence-electron chi connectivity index (χ1n) is 7.61. The molecule has 0 heterocycles. The first-order valence-corrected chi connectivity index (χ1v) is 8.86. The zero-order valence-corrected chi connectivity index (χ0v) is 14.2. The van der Waals surface area contributed by atoms with Gasteiger partial charge in [-0.2, -0.15) is 0 Å². The maximum absolute atomic E-state index is 12.2. The van der Waals surface area contributed by atoms with Crippen LogP contribution in [-0.2, 0) is 14.3 Å². The largest absolute Gasteiger partial charge is 0.468 e. The van der Waals surface area contributed by atoms with Crippen molar-refractivity contribution in [2.75, 3.05) is 13.7 Å². The number of fused-ring (bicyclic) bond motifs is 1. The molecule has 2 fully saturated rings. The Morgan fingerprint density at radius 1 is 1.20 bits per heavy atom. The lowest BCUT2D eigenvalue weighted by Crippen LogP contribution is -2.40. The van der Waals surface area contributed by atoms with Crippen LogP contribution in [0.1, 0.15) is 44.9 Å². The van der Waals surface area contributed by atoms with Gasteiger partial charge in [0, 0.05) is 12.5 Å². The highest BCUT2D eigenvalue weighted by Gasteiger charge is 2.35. The Bertz CT molecular complexity index is 361. The van der Waals surface area contributed by atoms with E-state index in [9.17, 15) is 9.59 Å². The van der Waals surface area contributed by atoms with Gasteiger partial charge in [0.2, 0.25) is 5.91 Å². The lowest BCUT2D eigenvalue weighted by atomic mass is 9.67. The van der Waals surface area contributed by atoms with E-state index >= 15 is 0 Å². The summed E-state index contributed by atoms with van der Waals surface area (Å²) >= 11 is 2.01. The van der Waals surface area contributed by atoms with Crippen molar-refractivity contribution in [3.05, 3.63) is 0 Å². The maximum Gasteiger partial charge on any atom is 0.320 e. The Hall–Kier alpha value is -0.330. The van der Waals surface area contributed by atoms with E-state index in [1.807, 2.05) is 22.6 Å². The van der Waals surface area contributed by atoms with Crippen LogP contribution in [0.3, 0.4) is 0 Å². The minimum atomic E-state index is -0.299. The molecular weight excluding hydrogens is 369 g/mol. The Morgan fingerprint density at radius 2 is 1.90 bits per heavy atom. The van der Waals surface area contributed by atoms with Gasteiger partial charge in [-0.15, -0.1) is 0 Å². The van der Waals surface area contributed by atoms with Crippen molar-refractivity contribution < 1.29 is 14.3 Å². The summed E-state index contributed by atoms with van der Waals surface area (Å²) in [6.45, 7) is 0.372. The number of rotatable bonds is 4. The quantitative estimate of drug-likeness (QED) is 0.454. The normalized spacial score (nSPS) is 31.0. The average Bonchev–Trinajstić information content (AvgIpc) is 2.50. The number of nitrogens with one attached hydrogen (secondary N) is 1. The van der Waals surface area contributed by atoms with Crippen LogP contribution in [-0.4, -0.2) is 29.5 Å². The van der Waals surface area contributed by atoms with E-state index in [2.05, 4.69) is 10.1 Å². The Balaban J connectivity index is 1.77. The summed E-state index contributed by atoms with van der Waals surface area (Å²) < 4.78 is 4.36. The molecule has 2 aliphatic rings. The fourth-order valence-corrected chi connectivity index (χ4v) is 4.13. The topological polar surface area (TPSA) is 55.4 Å². The third-order valence-electron chi connectivity index (χ3n) is 4.82. The van der Waals surface area contributed by atoms with Crippen LogP contribution in [0, 0.1) is 17.8 Å². The molecule has 2 aliphatic carbocycles. The van der Waals surface area contributed by atoms with Crippen LogP contribution in [0.4, 0.5) is 0 Å². The highest BCUT2D eigenvalue weighted by atomic mass is 127. The van der Waals surface area contributed by atoms with Crippen LogP contribution >= 0.6 is 22.6 Å². The van der Waals surface area contributed by atoms with Crippen molar-refractivity contribution in [2.45, 2.75) is 48.9 Å². The number of carbonyl (C=O) groups is 2. The number of hydrogen-bond acceptors (Lipinski definition) is 3. The molecule has 0 radical (unpaired) electrons. The second kappa shape index (κ2) is 7.61. The van der Waals surface area contributed by atoms with Gasteiger partial charge in [0.25, 0.3) is 0 Å². The molecule has 0 bridgehead atoms. The number of ether oxygens (including phenoxy) is 1. The number of amides is 1. The summed E-state index contributed by atoms with van der Waals surface area (Å²) in [7, 11) is 1.38. The molecule has 114 valence electrons. The highest BCUT2D eigenvalue weighted by molar-refractivity contribution is 14.1. The monoisotopic (exact) mass is 393 g/mol. The van der Waals surface area contributed by atoms with Gasteiger partial charge in [-0.3, -0.25) is 9.59 Å². The summed E-state index contributed by atoms with van der Waals surface area (Å²) in [6, 6.07) is 0. The summed E-state index contributed by atoms with van der Waals surface area (Å²) in [4.78, 5) is 23.5. The molecule has 0 saturated heterocycles. The molecule has 4 unspecified atom stereocenters. The van der Waals surface area contributed by atoms with E-state index in [0.717, 1.165) is 24.7 Å². The van der Waals surface area contributed by atoms with E-state index in [-0.39, 0.29) is 21.7 Å². The molecule has 1 amide bonds. The van der Waals surface area contributed by atoms with Gasteiger partial charge in [0.05, 0.1) is 7.11 Å². The van der Waals surface area contributed by atoms with Crippen LogP contribution < -0.4 is 5.32 Å². The number of methoxy groups -OCH3 is 1. The lowest BCUT2D eigenvalue weighted by Gasteiger charge is -2.38. The van der Waals surface area contributed by atoms with Crippen molar-refractivity contribution in [2.24, 2.45) is 17.8 Å². The third-order valence-corrected chi connectivity index (χ3v) is 5.77. The fourth-order valence-electron chi connectivity index (χ4n) is 3.66. The SMILES string of the molecule is COC(=O)C(I)CNC(=O)C1CCC2CCCCC2C1. The first kappa shape index (κ1) is 16.0. The van der Waals surface area contributed by atoms with E-state index in [0.29, 0.717) is 6.54 Å². The van der Waals surface area contributed by atoms with Crippen LogP contribution in [0.2, 0.25) is 0 Å². The van der Waals surface area contributed by atoms with Gasteiger partial charge in [-0.1, -0.05) is 48.3 Å². The Morgan fingerprint density at radius 3 is 2.60 bits per heavy atom. The van der Waals surface area contributed by atoms with Crippen LogP contribution in [0.25, 0.3) is 0 Å². The van der Waals surface area contributed by atoms with Crippen molar-refractivity contribution in [1.82, 2.24) is 5.32 Å². The number of hydrogen-bond donors (Lipinski definition) is 1. The third kappa shape index (κ3) is 4.09. The first-order chi connectivity index (χ1) is 9.61. The van der Waals surface area contributed by atoms with Gasteiger partial charge in [-0.05, 0) is 31.1 Å². The van der Waals surface area contributed by atoms with Crippen LogP contribution in [0.15, 0.2) is 0 Å². The van der Waals surface area contributed by atoms with Gasteiger partial charge in [0.15, 0.2) is 0 Å². The molecule has 0 aromatic carbocycles. The van der Waals surface area contributed by atoms with Gasteiger partial charge < -0.3 is 10.1 Å². The number of halogens is 1. The van der Waals surface area contributed by atoms with Gasteiger partial charge in [0.1, 0.15) is 3.92 Å². The highest BCUT2D eigenvalue weighted by Crippen LogP contribution is 2.42. The predicted molar refractivity (Wildman–Crippen MR) is 85.6 cm³/mol. The Labute approximate surface area is 134 Å². The molecule has 1 N–H and O–H groups in total. The smallest absolute Gasteiger partial charge is 0.320 e. The molecule has 4 nitrogen and oxygen atoms in total. The number of carbonyl (C=O) groups excluding carboxylic acids is 2. The van der Waals surface area contributed by atoms with Crippen molar-refractivity contribution in [1.29, 1.82) is 0 Å². The van der Waals surface area contributed by atoms with Crippen molar-refractivity contribution in [3.8, 4) is 0 Å². The average molecular weight is 393 g/mol. The van der Waals surface area contributed by atoms with Crippen LogP contribution in [0.5, 0.6) is 0 Å². The zero-order chi connectivity index (χ0) is 14.5. The van der Waals surface area contributed by atoms with E-state index < -0.39 is 0 Å². The second-order valence-electron chi connectivity index (χ2n) is 6.05. The molecule has 2 rings (SSSR count). The molecular formula is C15H24INO3. The maximum atomic E-state index is 12.2.